The Balaban J connectivity index is 1.69. The number of aromatic nitrogens is 2. The van der Waals surface area contributed by atoms with E-state index in [1.165, 1.54) is 19.2 Å². The van der Waals surface area contributed by atoms with Crippen LogP contribution in [0.2, 0.25) is 0 Å². The first-order valence-electron chi connectivity index (χ1n) is 10.3. The maximum Gasteiger partial charge on any atom is 0.269 e. The van der Waals surface area contributed by atoms with E-state index in [1.807, 2.05) is 0 Å². The van der Waals surface area contributed by atoms with Gasteiger partial charge >= 0.3 is 0 Å². The van der Waals surface area contributed by atoms with Gasteiger partial charge in [0.2, 0.25) is 0 Å². The maximum atomic E-state index is 15.8. The Morgan fingerprint density at radius 3 is 2.66 bits per heavy atom. The molecule has 1 aliphatic rings. The van der Waals surface area contributed by atoms with Crippen LogP contribution in [0.5, 0.6) is 0 Å². The molecule has 1 unspecified atom stereocenters. The first-order valence-corrected chi connectivity index (χ1v) is 11.3. The van der Waals surface area contributed by atoms with Gasteiger partial charge in [-0.1, -0.05) is 18.2 Å². The number of nitrogens with one attached hydrogen (secondary N) is 2. The smallest absolute Gasteiger partial charge is 0.269 e. The molecule has 0 saturated heterocycles. The van der Waals surface area contributed by atoms with Crippen LogP contribution in [0.15, 0.2) is 42.5 Å². The van der Waals surface area contributed by atoms with Crippen molar-refractivity contribution in [2.24, 2.45) is 0 Å². The second-order valence-electron chi connectivity index (χ2n) is 7.68. The average Bonchev–Trinajstić information content (AvgIpc) is 3.49. The number of fused-ring (bicyclic) bond motifs is 2. The SMILES string of the molecule is CNC(=O)c1[nH]nc2c(F)c(-c3c(F)ccc(N(c4cccc5c4COC5)S(=O)[O-])c3F)ccc12. The quantitative estimate of drug-likeness (QED) is 0.402. The van der Waals surface area contributed by atoms with Crippen molar-refractivity contribution in [2.75, 3.05) is 11.4 Å². The van der Waals surface area contributed by atoms with E-state index in [1.54, 1.807) is 12.1 Å². The number of nitrogens with zero attached hydrogens (tertiary/aromatic N) is 2. The molecule has 0 spiro atoms. The van der Waals surface area contributed by atoms with Crippen LogP contribution in [-0.2, 0) is 29.2 Å². The maximum absolute atomic E-state index is 15.8. The van der Waals surface area contributed by atoms with E-state index in [9.17, 15) is 17.9 Å². The highest BCUT2D eigenvalue weighted by atomic mass is 32.2. The fourth-order valence-corrected chi connectivity index (χ4v) is 4.78. The number of ether oxygens (including phenoxy) is 1. The summed E-state index contributed by atoms with van der Waals surface area (Å²) in [6, 6.07) is 9.06. The molecular weight excluding hydrogens is 485 g/mol. The number of hydrogen-bond acceptors (Lipinski definition) is 5. The van der Waals surface area contributed by atoms with Crippen molar-refractivity contribution in [3.63, 3.8) is 0 Å². The van der Waals surface area contributed by atoms with E-state index in [2.05, 4.69) is 15.5 Å². The van der Waals surface area contributed by atoms with Gasteiger partial charge in [-0.3, -0.25) is 18.4 Å². The Morgan fingerprint density at radius 2 is 1.91 bits per heavy atom. The summed E-state index contributed by atoms with van der Waals surface area (Å²) in [5.74, 6) is -4.02. The van der Waals surface area contributed by atoms with Gasteiger partial charge in [0.05, 0.1) is 41.4 Å². The highest BCUT2D eigenvalue weighted by Gasteiger charge is 2.28. The molecule has 0 fully saturated rings. The minimum absolute atomic E-state index is 0.0178. The molecule has 0 saturated carbocycles. The molecule has 2 heterocycles. The fraction of sp³-hybridized carbons (Fsp3) is 0.130. The molecule has 3 aromatic carbocycles. The third-order valence-corrected chi connectivity index (χ3v) is 6.49. The van der Waals surface area contributed by atoms with E-state index in [4.69, 9.17) is 4.74 Å². The summed E-state index contributed by atoms with van der Waals surface area (Å²) < 4.78 is 76.6. The van der Waals surface area contributed by atoms with Crippen molar-refractivity contribution in [2.45, 2.75) is 13.2 Å². The second-order valence-corrected chi connectivity index (χ2v) is 8.47. The molecule has 180 valence electrons. The van der Waals surface area contributed by atoms with Crippen LogP contribution < -0.4 is 9.62 Å². The van der Waals surface area contributed by atoms with Crippen LogP contribution >= 0.6 is 0 Å². The number of hydrogen-bond donors (Lipinski definition) is 2. The Kier molecular flexibility index (Phi) is 5.79. The monoisotopic (exact) mass is 501 g/mol. The molecule has 8 nitrogen and oxygen atoms in total. The van der Waals surface area contributed by atoms with Crippen LogP contribution in [0.4, 0.5) is 24.5 Å². The molecule has 1 amide bonds. The van der Waals surface area contributed by atoms with E-state index >= 15 is 8.78 Å². The van der Waals surface area contributed by atoms with Gasteiger partial charge in [0, 0.05) is 23.6 Å². The van der Waals surface area contributed by atoms with Gasteiger partial charge in [0.25, 0.3) is 5.91 Å². The number of carbonyl (C=O) groups excluding carboxylic acids is 1. The summed E-state index contributed by atoms with van der Waals surface area (Å²) in [5, 5.41) is 8.69. The number of halogens is 3. The van der Waals surface area contributed by atoms with Gasteiger partial charge in [0.1, 0.15) is 17.0 Å². The second kappa shape index (κ2) is 8.80. The van der Waals surface area contributed by atoms with E-state index in [0.29, 0.717) is 9.87 Å². The number of benzene rings is 3. The first-order chi connectivity index (χ1) is 16.8. The molecule has 0 radical (unpaired) electrons. The summed E-state index contributed by atoms with van der Waals surface area (Å²) in [6.07, 6.45) is 0. The molecule has 35 heavy (non-hydrogen) atoms. The van der Waals surface area contributed by atoms with Crippen molar-refractivity contribution in [3.05, 3.63) is 76.7 Å². The Bertz CT molecular complexity index is 1520. The summed E-state index contributed by atoms with van der Waals surface area (Å²) >= 11 is -3.00. The van der Waals surface area contributed by atoms with Crippen LogP contribution in [-0.4, -0.2) is 31.9 Å². The van der Waals surface area contributed by atoms with Gasteiger partial charge in [0.15, 0.2) is 11.6 Å². The lowest BCUT2D eigenvalue weighted by Gasteiger charge is -2.29. The third kappa shape index (κ3) is 3.66. The molecule has 1 atom stereocenters. The molecule has 4 aromatic rings. The predicted octanol–water partition coefficient (Wildman–Crippen LogP) is 3.97. The lowest BCUT2D eigenvalue weighted by molar-refractivity contribution is 0.0959. The molecule has 5 rings (SSSR count). The first kappa shape index (κ1) is 23.0. The number of rotatable bonds is 5. The molecule has 0 aliphatic carbocycles. The normalized spacial score (nSPS) is 13.6. The van der Waals surface area contributed by atoms with E-state index in [0.717, 1.165) is 23.8 Å². The number of anilines is 2. The summed E-state index contributed by atoms with van der Waals surface area (Å²) in [5.41, 5.74) is -0.641. The van der Waals surface area contributed by atoms with Crippen LogP contribution in [0.25, 0.3) is 22.0 Å². The Morgan fingerprint density at radius 1 is 1.11 bits per heavy atom. The zero-order valence-electron chi connectivity index (χ0n) is 18.0. The molecule has 1 aliphatic heterocycles. The van der Waals surface area contributed by atoms with E-state index in [-0.39, 0.29) is 35.5 Å². The highest BCUT2D eigenvalue weighted by Crippen LogP contribution is 2.41. The zero-order chi connectivity index (χ0) is 24.9. The van der Waals surface area contributed by atoms with Gasteiger partial charge in [-0.05, 0) is 29.8 Å². The number of H-pyrrole nitrogens is 1. The van der Waals surface area contributed by atoms with Crippen LogP contribution in [0, 0.1) is 17.5 Å². The predicted molar refractivity (Wildman–Crippen MR) is 121 cm³/mol. The van der Waals surface area contributed by atoms with Crippen molar-refractivity contribution in [1.82, 2.24) is 15.5 Å². The molecule has 0 bridgehead atoms. The van der Waals surface area contributed by atoms with Gasteiger partial charge in [-0.15, -0.1) is 0 Å². The zero-order valence-corrected chi connectivity index (χ0v) is 18.8. The van der Waals surface area contributed by atoms with Crippen molar-refractivity contribution < 1.29 is 31.5 Å². The lowest BCUT2D eigenvalue weighted by Crippen LogP contribution is -2.22. The summed E-state index contributed by atoms with van der Waals surface area (Å²) in [4.78, 5) is 12.0. The minimum atomic E-state index is -3.00. The average molecular weight is 501 g/mol. The fourth-order valence-electron chi connectivity index (χ4n) is 4.15. The lowest BCUT2D eigenvalue weighted by atomic mass is 10.00. The number of amides is 1. The molecule has 12 heteroatoms. The topological polar surface area (TPSA) is 110 Å². The Labute approximate surface area is 199 Å². The van der Waals surface area contributed by atoms with Crippen molar-refractivity contribution in [1.29, 1.82) is 0 Å². The third-order valence-electron chi connectivity index (χ3n) is 5.80. The molecular formula is C23H16F3N4O4S-. The largest absolute Gasteiger partial charge is 0.755 e. The van der Waals surface area contributed by atoms with Crippen LogP contribution in [0.1, 0.15) is 21.6 Å². The van der Waals surface area contributed by atoms with Crippen LogP contribution in [0.3, 0.4) is 0 Å². The molecule has 2 N–H and O–H groups in total. The van der Waals surface area contributed by atoms with E-state index < -0.39 is 51.4 Å². The number of carbonyl (C=O) groups is 1. The van der Waals surface area contributed by atoms with Crippen molar-refractivity contribution in [3.8, 4) is 11.1 Å². The minimum Gasteiger partial charge on any atom is -0.755 e. The summed E-state index contributed by atoms with van der Waals surface area (Å²) in [7, 11) is 1.38. The Hall–Kier alpha value is -3.74. The van der Waals surface area contributed by atoms with Gasteiger partial charge in [-0.25, -0.2) is 13.2 Å². The standard InChI is InChI=1S/C23H17F3N4O4S/c1-27-23(31)22-13-6-5-12(19(25)21(13)28-29-22)18-15(24)7-8-17(20(18)26)30(35(32)33)16-4-2-3-11-9-34-10-14(11)16/h2-8H,9-10H2,1H3,(H,27,31)(H,28,29)(H,32,33)/p-1. The van der Waals surface area contributed by atoms with Crippen molar-refractivity contribution >= 4 is 39.5 Å². The summed E-state index contributed by atoms with van der Waals surface area (Å²) in [6.45, 7) is 0.388. The number of aromatic amines is 1. The van der Waals surface area contributed by atoms with Gasteiger partial charge in [-0.2, -0.15) is 5.10 Å². The molecule has 1 aromatic heterocycles. The highest BCUT2D eigenvalue weighted by molar-refractivity contribution is 7.81. The van der Waals surface area contributed by atoms with Gasteiger partial charge < -0.3 is 14.6 Å².